The molecular formula is C30H28O4S4. The number of para-hydroxylation sites is 4. The highest BCUT2D eigenvalue weighted by molar-refractivity contribution is 8.01. The van der Waals surface area contributed by atoms with Crippen LogP contribution in [0, 0.1) is 0 Å². The standard InChI is InChI=1S/C30H28O4S4/c1-3-17-33-29-23-13-7-14-24(29)36-20-10-6-12-22(28(20)32)38-26-16-8-15-25(30(26)34-18-4-2)37-21-11-5-9-19(35-23)27(21)31/h5-16,31-32H,3-4,17-18H2,1-2H3. The number of benzene rings is 4. The van der Waals surface area contributed by atoms with Gasteiger partial charge in [0.2, 0.25) is 0 Å². The Morgan fingerprint density at radius 2 is 0.737 bits per heavy atom. The number of ether oxygens (including phenoxy) is 2. The number of fused-ring (bicyclic) bond motifs is 8. The second-order valence-electron chi connectivity index (χ2n) is 8.48. The van der Waals surface area contributed by atoms with E-state index in [1.807, 2.05) is 72.8 Å². The van der Waals surface area contributed by atoms with Gasteiger partial charge in [0.05, 0.1) is 52.4 Å². The molecule has 5 rings (SSSR count). The van der Waals surface area contributed by atoms with Crippen LogP contribution in [-0.4, -0.2) is 23.4 Å². The van der Waals surface area contributed by atoms with E-state index in [0.717, 1.165) is 63.5 Å². The molecule has 0 aliphatic carbocycles. The third kappa shape index (κ3) is 5.88. The van der Waals surface area contributed by atoms with Crippen LogP contribution < -0.4 is 9.47 Å². The van der Waals surface area contributed by atoms with E-state index in [-0.39, 0.29) is 11.5 Å². The molecule has 0 saturated carbocycles. The van der Waals surface area contributed by atoms with E-state index in [0.29, 0.717) is 13.2 Å². The van der Waals surface area contributed by atoms with E-state index < -0.39 is 0 Å². The van der Waals surface area contributed by atoms with Crippen molar-refractivity contribution in [2.45, 2.75) is 65.9 Å². The van der Waals surface area contributed by atoms with Gasteiger partial charge < -0.3 is 19.7 Å². The Bertz CT molecular complexity index is 1250. The molecule has 38 heavy (non-hydrogen) atoms. The number of aromatic hydroxyl groups is 2. The number of phenols is 2. The average molecular weight is 581 g/mol. The van der Waals surface area contributed by atoms with Crippen LogP contribution in [-0.2, 0) is 0 Å². The maximum Gasteiger partial charge on any atom is 0.147 e. The zero-order chi connectivity index (χ0) is 26.5. The van der Waals surface area contributed by atoms with Gasteiger partial charge in [-0.3, -0.25) is 0 Å². The van der Waals surface area contributed by atoms with Crippen LogP contribution in [0.5, 0.6) is 23.0 Å². The summed E-state index contributed by atoms with van der Waals surface area (Å²) in [6.45, 7) is 5.30. The normalized spacial score (nSPS) is 12.7. The van der Waals surface area contributed by atoms with Crippen LogP contribution in [0.3, 0.4) is 0 Å². The minimum atomic E-state index is 0.233. The molecule has 8 bridgehead atoms. The second kappa shape index (κ2) is 12.6. The van der Waals surface area contributed by atoms with Crippen molar-refractivity contribution in [2.24, 2.45) is 0 Å². The zero-order valence-electron chi connectivity index (χ0n) is 21.1. The van der Waals surface area contributed by atoms with Gasteiger partial charge in [0, 0.05) is 0 Å². The fourth-order valence-electron chi connectivity index (χ4n) is 3.81. The summed E-state index contributed by atoms with van der Waals surface area (Å²) in [7, 11) is 0. The summed E-state index contributed by atoms with van der Waals surface area (Å²) in [4.78, 5) is 6.63. The van der Waals surface area contributed by atoms with E-state index in [1.165, 1.54) is 47.0 Å². The van der Waals surface area contributed by atoms with Crippen LogP contribution in [0.4, 0.5) is 0 Å². The minimum absolute atomic E-state index is 0.233. The summed E-state index contributed by atoms with van der Waals surface area (Å²) in [5.74, 6) is 1.98. The van der Waals surface area contributed by atoms with Crippen molar-refractivity contribution >= 4 is 47.0 Å². The maximum atomic E-state index is 11.3. The highest BCUT2D eigenvalue weighted by Gasteiger charge is 2.21. The molecule has 1 aliphatic heterocycles. The molecule has 0 radical (unpaired) electrons. The summed E-state index contributed by atoms with van der Waals surface area (Å²) >= 11 is 5.91. The molecule has 0 amide bonds. The van der Waals surface area contributed by atoms with Gasteiger partial charge in [0.15, 0.2) is 0 Å². The Kier molecular flexibility index (Phi) is 8.94. The van der Waals surface area contributed by atoms with E-state index in [2.05, 4.69) is 13.8 Å². The lowest BCUT2D eigenvalue weighted by Crippen LogP contribution is -1.99. The Morgan fingerprint density at radius 3 is 1.00 bits per heavy atom. The first-order valence-electron chi connectivity index (χ1n) is 12.5. The van der Waals surface area contributed by atoms with Gasteiger partial charge in [-0.1, -0.05) is 85.2 Å². The molecule has 0 fully saturated rings. The molecule has 0 unspecified atom stereocenters. The fourth-order valence-corrected chi connectivity index (χ4v) is 8.07. The Hall–Kier alpha value is -2.52. The number of hydrogen-bond donors (Lipinski definition) is 2. The summed E-state index contributed by atoms with van der Waals surface area (Å²) in [5.41, 5.74) is 0. The van der Waals surface area contributed by atoms with Crippen molar-refractivity contribution in [3.05, 3.63) is 72.8 Å². The smallest absolute Gasteiger partial charge is 0.147 e. The van der Waals surface area contributed by atoms with E-state index in [4.69, 9.17) is 9.47 Å². The van der Waals surface area contributed by atoms with Gasteiger partial charge in [0.25, 0.3) is 0 Å². The van der Waals surface area contributed by atoms with Crippen LogP contribution in [0.25, 0.3) is 0 Å². The van der Waals surface area contributed by atoms with Crippen molar-refractivity contribution in [1.29, 1.82) is 0 Å². The van der Waals surface area contributed by atoms with Gasteiger partial charge in [0.1, 0.15) is 23.0 Å². The molecule has 0 spiro atoms. The largest absolute Gasteiger partial charge is 0.506 e. The number of rotatable bonds is 6. The highest BCUT2D eigenvalue weighted by Crippen LogP contribution is 2.52. The summed E-state index contributed by atoms with van der Waals surface area (Å²) in [6, 6.07) is 23.6. The second-order valence-corrected chi connectivity index (χ2v) is 12.8. The fraction of sp³-hybridized carbons (Fsp3) is 0.200. The van der Waals surface area contributed by atoms with Gasteiger partial charge in [-0.15, -0.1) is 0 Å². The van der Waals surface area contributed by atoms with Crippen LogP contribution in [0.2, 0.25) is 0 Å². The molecule has 1 aliphatic rings. The molecule has 1 heterocycles. The molecular weight excluding hydrogens is 553 g/mol. The first-order valence-corrected chi connectivity index (χ1v) is 15.7. The molecule has 4 aromatic carbocycles. The first-order chi connectivity index (χ1) is 18.6. The van der Waals surface area contributed by atoms with Crippen LogP contribution in [0.15, 0.2) is 112 Å². The minimum Gasteiger partial charge on any atom is -0.506 e. The summed E-state index contributed by atoms with van der Waals surface area (Å²) in [6.07, 6.45) is 1.75. The van der Waals surface area contributed by atoms with Gasteiger partial charge in [-0.25, -0.2) is 0 Å². The average Bonchev–Trinajstić information content (AvgIpc) is 2.92. The molecule has 0 saturated heterocycles. The van der Waals surface area contributed by atoms with E-state index >= 15 is 0 Å². The Labute approximate surface area is 240 Å². The van der Waals surface area contributed by atoms with Crippen LogP contribution >= 0.6 is 47.0 Å². The predicted molar refractivity (Wildman–Crippen MR) is 157 cm³/mol. The van der Waals surface area contributed by atoms with Crippen LogP contribution in [0.1, 0.15) is 26.7 Å². The third-order valence-corrected chi connectivity index (χ3v) is 9.95. The molecule has 4 aromatic rings. The van der Waals surface area contributed by atoms with Gasteiger partial charge >= 0.3 is 0 Å². The topological polar surface area (TPSA) is 58.9 Å². The lowest BCUT2D eigenvalue weighted by atomic mass is 10.3. The maximum absolute atomic E-state index is 11.3. The van der Waals surface area contributed by atoms with Crippen molar-refractivity contribution in [3.63, 3.8) is 0 Å². The molecule has 0 aromatic heterocycles. The quantitative estimate of drug-likeness (QED) is 0.206. The monoisotopic (exact) mass is 580 g/mol. The lowest BCUT2D eigenvalue weighted by molar-refractivity contribution is 0.302. The van der Waals surface area contributed by atoms with Gasteiger partial charge in [-0.2, -0.15) is 0 Å². The van der Waals surface area contributed by atoms with Gasteiger partial charge in [-0.05, 0) is 61.4 Å². The molecule has 2 N–H and O–H groups in total. The SMILES string of the molecule is CCCOc1c2cccc1Sc1cccc(c1O)Sc1cccc(c1OCCC)Sc1cccc(c1O)S2. The van der Waals surface area contributed by atoms with E-state index in [1.54, 1.807) is 0 Å². The third-order valence-electron chi connectivity index (χ3n) is 5.59. The van der Waals surface area contributed by atoms with Crippen molar-refractivity contribution in [1.82, 2.24) is 0 Å². The van der Waals surface area contributed by atoms with E-state index in [9.17, 15) is 10.2 Å². The van der Waals surface area contributed by atoms with Crippen molar-refractivity contribution in [2.75, 3.05) is 13.2 Å². The highest BCUT2D eigenvalue weighted by atomic mass is 32.2. The first kappa shape index (κ1) is 27.1. The molecule has 4 nitrogen and oxygen atoms in total. The molecule has 0 atom stereocenters. The number of phenolic OH excluding ortho intramolecular Hbond substituents is 2. The molecule has 8 heteroatoms. The van der Waals surface area contributed by atoms with Crippen molar-refractivity contribution < 1.29 is 19.7 Å². The zero-order valence-corrected chi connectivity index (χ0v) is 24.4. The predicted octanol–water partition coefficient (Wildman–Crippen LogP) is 9.59. The lowest BCUT2D eigenvalue weighted by Gasteiger charge is -2.19. The summed E-state index contributed by atoms with van der Waals surface area (Å²) in [5, 5.41) is 22.7. The summed E-state index contributed by atoms with van der Waals surface area (Å²) < 4.78 is 12.5. The Balaban J connectivity index is 1.70. The van der Waals surface area contributed by atoms with Crippen molar-refractivity contribution in [3.8, 4) is 23.0 Å². The number of hydrogen-bond acceptors (Lipinski definition) is 8. The molecule has 196 valence electrons. The Morgan fingerprint density at radius 1 is 0.474 bits per heavy atom.